The number of fused-ring (bicyclic) bond motifs is 1. The molecule has 3 aromatic rings. The van der Waals surface area contributed by atoms with Gasteiger partial charge in [-0.1, -0.05) is 0 Å². The predicted octanol–water partition coefficient (Wildman–Crippen LogP) is 2.87. The van der Waals surface area contributed by atoms with Gasteiger partial charge in [-0.15, -0.1) is 0 Å². The Hall–Kier alpha value is -3.07. The number of hydrogen-bond donors (Lipinski definition) is 0. The van der Waals surface area contributed by atoms with Crippen LogP contribution in [-0.2, 0) is 11.5 Å². The van der Waals surface area contributed by atoms with Gasteiger partial charge in [-0.3, -0.25) is 10.1 Å². The summed E-state index contributed by atoms with van der Waals surface area (Å²) in [5.74, 6) is -0.888. The van der Waals surface area contributed by atoms with Crippen LogP contribution in [0.3, 0.4) is 0 Å². The molecule has 0 aliphatic heterocycles. The molecule has 1 aromatic carbocycles. The Morgan fingerprint density at radius 3 is 2.87 bits per heavy atom. The summed E-state index contributed by atoms with van der Waals surface area (Å²) in [4.78, 5) is 18.1. The Morgan fingerprint density at radius 2 is 2.17 bits per heavy atom. The van der Waals surface area contributed by atoms with Gasteiger partial charge in [0.25, 0.3) is 5.69 Å². The number of aromatic nitrogens is 3. The molecule has 0 amide bonds. The van der Waals surface area contributed by atoms with Crippen molar-refractivity contribution < 1.29 is 18.8 Å². The number of hydrogen-bond acceptors (Lipinski definition) is 6. The lowest BCUT2D eigenvalue weighted by atomic mass is 10.3. The zero-order chi connectivity index (χ0) is 16.4. The van der Waals surface area contributed by atoms with E-state index >= 15 is 0 Å². The van der Waals surface area contributed by atoms with Gasteiger partial charge >= 0.3 is 0 Å². The van der Waals surface area contributed by atoms with E-state index in [9.17, 15) is 14.5 Å². The maximum atomic E-state index is 14.0. The van der Waals surface area contributed by atoms with Crippen LogP contribution in [-0.4, -0.2) is 26.6 Å². The number of non-ortho nitro benzene ring substituents is 1. The maximum absolute atomic E-state index is 14.0. The van der Waals surface area contributed by atoms with Gasteiger partial charge in [0.05, 0.1) is 16.5 Å². The summed E-state index contributed by atoms with van der Waals surface area (Å²) in [6, 6.07) is 4.88. The molecule has 0 aliphatic carbocycles. The molecule has 0 aliphatic rings. The fourth-order valence-corrected chi connectivity index (χ4v) is 2.11. The van der Waals surface area contributed by atoms with Gasteiger partial charge in [-0.25, -0.2) is 9.37 Å². The number of rotatable bonds is 5. The first kappa shape index (κ1) is 14.9. The van der Waals surface area contributed by atoms with Gasteiger partial charge < -0.3 is 14.0 Å². The van der Waals surface area contributed by atoms with E-state index in [-0.39, 0.29) is 24.0 Å². The number of benzene rings is 1. The lowest BCUT2D eigenvalue weighted by Crippen LogP contribution is -2.01. The van der Waals surface area contributed by atoms with E-state index < -0.39 is 10.7 Å². The zero-order valence-corrected chi connectivity index (χ0v) is 12.0. The smallest absolute Gasteiger partial charge is 0.272 e. The summed E-state index contributed by atoms with van der Waals surface area (Å²) in [7, 11) is 1.53. The second kappa shape index (κ2) is 5.97. The highest BCUT2D eigenvalue weighted by atomic mass is 19.1. The summed E-state index contributed by atoms with van der Waals surface area (Å²) in [6.07, 6.45) is 3.03. The van der Waals surface area contributed by atoms with E-state index in [4.69, 9.17) is 9.47 Å². The van der Waals surface area contributed by atoms with Crippen LogP contribution in [0.25, 0.3) is 11.0 Å². The minimum absolute atomic E-state index is 0.129. The maximum Gasteiger partial charge on any atom is 0.272 e. The molecule has 3 rings (SSSR count). The molecule has 0 unspecified atom stereocenters. The molecule has 0 radical (unpaired) electrons. The van der Waals surface area contributed by atoms with Crippen LogP contribution in [0, 0.1) is 15.9 Å². The SMILES string of the molecule is COCn1ccc2ncnc(Oc3ccc([N+](=O)[O-])cc3F)c21. The zero-order valence-electron chi connectivity index (χ0n) is 12.0. The standard InChI is InChI=1S/C14H11FN4O4/c1-22-8-18-5-4-11-13(18)14(17-7-16-11)23-12-3-2-9(19(20)21)6-10(12)15/h2-7H,8H2,1H3. The molecule has 0 spiro atoms. The molecule has 0 fully saturated rings. The minimum Gasteiger partial charge on any atom is -0.434 e. The van der Waals surface area contributed by atoms with Crippen LogP contribution < -0.4 is 4.74 Å². The molecule has 118 valence electrons. The van der Waals surface area contributed by atoms with Crippen LogP contribution in [0.1, 0.15) is 0 Å². The Kier molecular flexibility index (Phi) is 3.85. The highest BCUT2D eigenvalue weighted by Gasteiger charge is 2.16. The van der Waals surface area contributed by atoms with Crippen molar-refractivity contribution in [3.8, 4) is 11.6 Å². The topological polar surface area (TPSA) is 92.3 Å². The first-order chi connectivity index (χ1) is 11.1. The van der Waals surface area contributed by atoms with E-state index in [1.54, 1.807) is 16.8 Å². The number of nitro benzene ring substituents is 1. The van der Waals surface area contributed by atoms with Crippen LogP contribution in [0.15, 0.2) is 36.8 Å². The third-order valence-corrected chi connectivity index (χ3v) is 3.12. The molecule has 2 aromatic heterocycles. The number of nitro groups is 1. The number of nitrogens with zero attached hydrogens (tertiary/aromatic N) is 4. The van der Waals surface area contributed by atoms with Crippen molar-refractivity contribution in [1.82, 2.24) is 14.5 Å². The highest BCUT2D eigenvalue weighted by molar-refractivity contribution is 5.80. The second-order valence-corrected chi connectivity index (χ2v) is 4.59. The molecule has 8 nitrogen and oxygen atoms in total. The molecule has 0 saturated carbocycles. The Bertz CT molecular complexity index is 880. The van der Waals surface area contributed by atoms with Crippen molar-refractivity contribution in [2.24, 2.45) is 0 Å². The summed E-state index contributed by atoms with van der Waals surface area (Å²) in [5.41, 5.74) is 0.784. The van der Waals surface area contributed by atoms with E-state index in [2.05, 4.69) is 9.97 Å². The number of methoxy groups -OCH3 is 1. The van der Waals surface area contributed by atoms with Crippen LogP contribution in [0.4, 0.5) is 10.1 Å². The fourth-order valence-electron chi connectivity index (χ4n) is 2.11. The molecule has 0 N–H and O–H groups in total. The Balaban J connectivity index is 2.01. The monoisotopic (exact) mass is 318 g/mol. The third-order valence-electron chi connectivity index (χ3n) is 3.12. The van der Waals surface area contributed by atoms with Crippen LogP contribution >= 0.6 is 0 Å². The second-order valence-electron chi connectivity index (χ2n) is 4.59. The summed E-state index contributed by atoms with van der Waals surface area (Å²) in [6.45, 7) is 0.246. The molecular formula is C14H11FN4O4. The first-order valence-electron chi connectivity index (χ1n) is 6.50. The summed E-state index contributed by atoms with van der Waals surface area (Å²) < 4.78 is 26.2. The lowest BCUT2D eigenvalue weighted by molar-refractivity contribution is -0.385. The molecule has 23 heavy (non-hydrogen) atoms. The molecule has 9 heteroatoms. The van der Waals surface area contributed by atoms with Crippen molar-refractivity contribution in [3.05, 3.63) is 52.7 Å². The normalized spacial score (nSPS) is 10.9. The summed E-state index contributed by atoms with van der Waals surface area (Å²) in [5, 5.41) is 10.6. The van der Waals surface area contributed by atoms with Crippen molar-refractivity contribution in [3.63, 3.8) is 0 Å². The molecular weight excluding hydrogens is 307 g/mol. The van der Waals surface area contributed by atoms with Crippen molar-refractivity contribution in [1.29, 1.82) is 0 Å². The third kappa shape index (κ3) is 2.81. The van der Waals surface area contributed by atoms with E-state index in [0.29, 0.717) is 11.0 Å². The van der Waals surface area contributed by atoms with Crippen molar-refractivity contribution in [2.75, 3.05) is 7.11 Å². The van der Waals surface area contributed by atoms with Crippen LogP contribution in [0.2, 0.25) is 0 Å². The van der Waals surface area contributed by atoms with Gasteiger partial charge in [-0.2, -0.15) is 4.98 Å². The van der Waals surface area contributed by atoms with Gasteiger partial charge in [0, 0.05) is 19.4 Å². The molecule has 0 bridgehead atoms. The minimum atomic E-state index is -0.851. The van der Waals surface area contributed by atoms with Gasteiger partial charge in [-0.05, 0) is 12.1 Å². The van der Waals surface area contributed by atoms with E-state index in [1.807, 2.05) is 0 Å². The number of halogens is 1. The van der Waals surface area contributed by atoms with Gasteiger partial charge in [0.15, 0.2) is 11.6 Å². The largest absolute Gasteiger partial charge is 0.434 e. The van der Waals surface area contributed by atoms with Crippen molar-refractivity contribution >= 4 is 16.7 Å². The molecule has 0 saturated heterocycles. The summed E-state index contributed by atoms with van der Waals surface area (Å²) >= 11 is 0. The first-order valence-corrected chi connectivity index (χ1v) is 6.50. The Morgan fingerprint density at radius 1 is 1.35 bits per heavy atom. The van der Waals surface area contributed by atoms with E-state index in [0.717, 1.165) is 12.1 Å². The number of ether oxygens (including phenoxy) is 2. The van der Waals surface area contributed by atoms with Gasteiger partial charge in [0.2, 0.25) is 5.88 Å². The predicted molar refractivity (Wildman–Crippen MR) is 77.7 cm³/mol. The van der Waals surface area contributed by atoms with Crippen molar-refractivity contribution in [2.45, 2.75) is 6.73 Å². The lowest BCUT2D eigenvalue weighted by Gasteiger charge is -2.09. The van der Waals surface area contributed by atoms with Crippen LogP contribution in [0.5, 0.6) is 11.6 Å². The molecule has 0 atom stereocenters. The van der Waals surface area contributed by atoms with E-state index in [1.165, 1.54) is 19.5 Å². The average molecular weight is 318 g/mol. The highest BCUT2D eigenvalue weighted by Crippen LogP contribution is 2.30. The fraction of sp³-hybridized carbons (Fsp3) is 0.143. The quantitative estimate of drug-likeness (QED) is 0.530. The Labute approximate surface area is 129 Å². The molecule has 2 heterocycles. The van der Waals surface area contributed by atoms with Gasteiger partial charge in [0.1, 0.15) is 18.6 Å². The average Bonchev–Trinajstić information content (AvgIpc) is 2.94.